The Balaban J connectivity index is 2.03. The maximum atomic E-state index is 12.3. The van der Waals surface area contributed by atoms with Gasteiger partial charge in [-0.25, -0.2) is 0 Å². The van der Waals surface area contributed by atoms with Gasteiger partial charge in [0.05, 0.1) is 7.11 Å². The van der Waals surface area contributed by atoms with Crippen LogP contribution in [0.1, 0.15) is 31.2 Å². The molecule has 2 amide bonds. The van der Waals surface area contributed by atoms with Crippen LogP contribution in [0, 0.1) is 0 Å². The molecular weight excluding hydrogens is 308 g/mol. The molecule has 0 atom stereocenters. The first-order valence-corrected chi connectivity index (χ1v) is 8.16. The lowest BCUT2D eigenvalue weighted by Gasteiger charge is -2.18. The highest BCUT2D eigenvalue weighted by Gasteiger charge is 2.13. The van der Waals surface area contributed by atoms with E-state index in [0.717, 1.165) is 31.5 Å². The molecule has 1 fully saturated rings. The van der Waals surface area contributed by atoms with Crippen molar-refractivity contribution in [2.45, 2.75) is 25.7 Å². The van der Waals surface area contributed by atoms with Gasteiger partial charge in [-0.15, -0.1) is 0 Å². The lowest BCUT2D eigenvalue weighted by atomic mass is 10.2. The minimum absolute atomic E-state index is 0.0323. The number of rotatable bonds is 6. The van der Waals surface area contributed by atoms with Crippen molar-refractivity contribution in [1.29, 1.82) is 0 Å². The lowest BCUT2D eigenvalue weighted by Crippen LogP contribution is -2.30. The van der Waals surface area contributed by atoms with Crippen molar-refractivity contribution < 1.29 is 19.1 Å². The highest BCUT2D eigenvalue weighted by Crippen LogP contribution is 2.28. The number of hydrogen-bond acceptors (Lipinski definition) is 4. The van der Waals surface area contributed by atoms with Gasteiger partial charge in [-0.05, 0) is 36.6 Å². The van der Waals surface area contributed by atoms with Crippen molar-refractivity contribution in [3.05, 3.63) is 29.8 Å². The molecule has 6 heteroatoms. The van der Waals surface area contributed by atoms with E-state index in [0.29, 0.717) is 11.5 Å². The van der Waals surface area contributed by atoms with E-state index in [-0.39, 0.29) is 12.5 Å². The molecule has 0 radical (unpaired) electrons. The number of benzene rings is 1. The minimum atomic E-state index is -0.552. The number of nitrogens with two attached hydrogens (primary N) is 1. The fraction of sp³-hybridized carbons (Fsp3) is 0.444. The van der Waals surface area contributed by atoms with Crippen molar-refractivity contribution in [3.63, 3.8) is 0 Å². The molecule has 6 nitrogen and oxygen atoms in total. The van der Waals surface area contributed by atoms with Crippen LogP contribution in [0.3, 0.4) is 0 Å². The van der Waals surface area contributed by atoms with Crippen LogP contribution in [0.2, 0.25) is 0 Å². The molecule has 130 valence electrons. The molecule has 0 bridgehead atoms. The largest absolute Gasteiger partial charge is 0.493 e. The second-order valence-corrected chi connectivity index (χ2v) is 5.74. The second-order valence-electron chi connectivity index (χ2n) is 5.74. The zero-order chi connectivity index (χ0) is 17.4. The fourth-order valence-corrected chi connectivity index (χ4v) is 2.62. The first-order chi connectivity index (χ1) is 11.6. The number of amides is 2. The van der Waals surface area contributed by atoms with Crippen LogP contribution in [0.5, 0.6) is 11.5 Å². The zero-order valence-corrected chi connectivity index (χ0v) is 14.0. The Bertz CT molecular complexity index is 605. The third-order valence-corrected chi connectivity index (χ3v) is 3.89. The van der Waals surface area contributed by atoms with E-state index in [4.69, 9.17) is 15.2 Å². The van der Waals surface area contributed by atoms with Crippen LogP contribution in [0.4, 0.5) is 0 Å². The maximum Gasteiger partial charge on any atom is 0.255 e. The summed E-state index contributed by atoms with van der Waals surface area (Å²) in [5.74, 6) is 0.405. The second kappa shape index (κ2) is 8.96. The smallest absolute Gasteiger partial charge is 0.255 e. The van der Waals surface area contributed by atoms with Crippen molar-refractivity contribution in [2.24, 2.45) is 5.73 Å². The molecule has 0 aliphatic carbocycles. The van der Waals surface area contributed by atoms with Gasteiger partial charge in [0.2, 0.25) is 5.91 Å². The standard InChI is InChI=1S/C18H24N2O4/c1-23-16-12-14(6-8-15(16)24-13-17(19)21)7-9-18(22)20-10-4-2-3-5-11-20/h6-9,12H,2-5,10-11,13H2,1H3,(H2,19,21). The molecular formula is C18H24N2O4. The molecule has 2 rings (SSSR count). The predicted octanol–water partition coefficient (Wildman–Crippen LogP) is 1.98. The van der Waals surface area contributed by atoms with Crippen molar-refractivity contribution in [1.82, 2.24) is 4.90 Å². The Kier molecular flexibility index (Phi) is 6.66. The lowest BCUT2D eigenvalue weighted by molar-refractivity contribution is -0.126. The molecule has 1 aromatic carbocycles. The number of likely N-dealkylation sites (tertiary alicyclic amines) is 1. The molecule has 0 saturated carbocycles. The summed E-state index contributed by atoms with van der Waals surface area (Å²) in [6.45, 7) is 1.44. The number of carbonyl (C=O) groups is 2. The van der Waals surface area contributed by atoms with E-state index in [9.17, 15) is 9.59 Å². The summed E-state index contributed by atoms with van der Waals surface area (Å²) in [7, 11) is 1.52. The molecule has 0 aromatic heterocycles. The third-order valence-electron chi connectivity index (χ3n) is 3.89. The SMILES string of the molecule is COc1cc(C=CC(=O)N2CCCCCC2)ccc1OCC(N)=O. The molecule has 1 heterocycles. The molecule has 0 spiro atoms. The summed E-state index contributed by atoms with van der Waals surface area (Å²) in [6.07, 6.45) is 7.87. The molecule has 1 aromatic rings. The van der Waals surface area contributed by atoms with Gasteiger partial charge in [-0.1, -0.05) is 18.9 Å². The quantitative estimate of drug-likeness (QED) is 0.808. The average Bonchev–Trinajstić information content (AvgIpc) is 2.87. The van der Waals surface area contributed by atoms with E-state index in [1.54, 1.807) is 30.4 Å². The fourth-order valence-electron chi connectivity index (χ4n) is 2.62. The van der Waals surface area contributed by atoms with E-state index < -0.39 is 5.91 Å². The van der Waals surface area contributed by atoms with Crippen LogP contribution >= 0.6 is 0 Å². The number of primary amides is 1. The van der Waals surface area contributed by atoms with Gasteiger partial charge in [0.25, 0.3) is 5.91 Å². The van der Waals surface area contributed by atoms with Gasteiger partial charge in [0.15, 0.2) is 18.1 Å². The summed E-state index contributed by atoms with van der Waals surface area (Å²) >= 11 is 0. The third kappa shape index (κ3) is 5.30. The van der Waals surface area contributed by atoms with Crippen molar-refractivity contribution >= 4 is 17.9 Å². The van der Waals surface area contributed by atoms with Gasteiger partial charge < -0.3 is 20.1 Å². The van der Waals surface area contributed by atoms with E-state index in [1.807, 2.05) is 4.90 Å². The Morgan fingerprint density at radius 3 is 2.50 bits per heavy atom. The normalized spacial score (nSPS) is 15.1. The summed E-state index contributed by atoms with van der Waals surface area (Å²) in [5.41, 5.74) is 5.89. The van der Waals surface area contributed by atoms with Crippen LogP contribution in [-0.4, -0.2) is 43.5 Å². The van der Waals surface area contributed by atoms with Crippen molar-refractivity contribution in [2.75, 3.05) is 26.8 Å². The van der Waals surface area contributed by atoms with E-state index in [2.05, 4.69) is 0 Å². The number of ether oxygens (including phenoxy) is 2. The molecule has 2 N–H and O–H groups in total. The van der Waals surface area contributed by atoms with E-state index >= 15 is 0 Å². The Hall–Kier alpha value is -2.50. The first kappa shape index (κ1) is 17.8. The maximum absolute atomic E-state index is 12.3. The molecule has 1 aliphatic heterocycles. The number of hydrogen-bond donors (Lipinski definition) is 1. The highest BCUT2D eigenvalue weighted by atomic mass is 16.5. The van der Waals surface area contributed by atoms with Gasteiger partial charge in [0.1, 0.15) is 0 Å². The summed E-state index contributed by atoms with van der Waals surface area (Å²) < 4.78 is 10.5. The number of nitrogens with zero attached hydrogens (tertiary/aromatic N) is 1. The molecule has 1 aliphatic rings. The summed E-state index contributed by atoms with van der Waals surface area (Å²) in [6, 6.07) is 5.24. The zero-order valence-electron chi connectivity index (χ0n) is 14.0. The van der Waals surface area contributed by atoms with Crippen LogP contribution in [0.25, 0.3) is 6.08 Å². The molecule has 1 saturated heterocycles. The average molecular weight is 332 g/mol. The predicted molar refractivity (Wildman–Crippen MR) is 91.8 cm³/mol. The van der Waals surface area contributed by atoms with Gasteiger partial charge >= 0.3 is 0 Å². The van der Waals surface area contributed by atoms with Crippen LogP contribution < -0.4 is 15.2 Å². The highest BCUT2D eigenvalue weighted by molar-refractivity contribution is 5.91. The summed E-state index contributed by atoms with van der Waals surface area (Å²) in [4.78, 5) is 24.9. The Labute approximate surface area is 142 Å². The monoisotopic (exact) mass is 332 g/mol. The Morgan fingerprint density at radius 1 is 1.17 bits per heavy atom. The minimum Gasteiger partial charge on any atom is -0.493 e. The van der Waals surface area contributed by atoms with Crippen LogP contribution in [-0.2, 0) is 9.59 Å². The number of methoxy groups -OCH3 is 1. The van der Waals surface area contributed by atoms with E-state index in [1.165, 1.54) is 20.0 Å². The van der Waals surface area contributed by atoms with Crippen molar-refractivity contribution in [3.8, 4) is 11.5 Å². The molecule has 0 unspecified atom stereocenters. The van der Waals surface area contributed by atoms with Gasteiger partial charge in [-0.2, -0.15) is 0 Å². The van der Waals surface area contributed by atoms with Gasteiger partial charge in [-0.3, -0.25) is 9.59 Å². The van der Waals surface area contributed by atoms with Gasteiger partial charge in [0, 0.05) is 19.2 Å². The summed E-state index contributed by atoms with van der Waals surface area (Å²) in [5, 5.41) is 0. The first-order valence-electron chi connectivity index (χ1n) is 8.16. The molecule has 24 heavy (non-hydrogen) atoms. The number of carbonyl (C=O) groups excluding carboxylic acids is 2. The van der Waals surface area contributed by atoms with Crippen LogP contribution in [0.15, 0.2) is 24.3 Å². The topological polar surface area (TPSA) is 81.9 Å². The Morgan fingerprint density at radius 2 is 1.88 bits per heavy atom.